The molecule has 39 heavy (non-hydrogen) atoms. The first-order valence-corrected chi connectivity index (χ1v) is 16.4. The minimum absolute atomic E-state index is 0.129. The summed E-state index contributed by atoms with van der Waals surface area (Å²) in [5.74, 6) is -4.87. The molecular weight excluding hydrogens is 544 g/mol. The van der Waals surface area contributed by atoms with Gasteiger partial charge in [-0.15, -0.1) is 0 Å². The zero-order valence-corrected chi connectivity index (χ0v) is 23.3. The minimum atomic E-state index is -4.99. The van der Waals surface area contributed by atoms with Crippen LogP contribution in [0.2, 0.25) is 8.45 Å². The van der Waals surface area contributed by atoms with E-state index in [1.54, 1.807) is 62.5 Å². The van der Waals surface area contributed by atoms with E-state index in [4.69, 9.17) is 0 Å². The predicted octanol–water partition coefficient (Wildman–Crippen LogP) is 6.65. The van der Waals surface area contributed by atoms with Crippen LogP contribution in [-0.4, -0.2) is 11.8 Å². The Hall–Kier alpha value is -3.23. The zero-order chi connectivity index (χ0) is 28.2. The SMILES string of the molecule is CCCC(=O)Nc1ccc(F)[c]([Ti]([c]2c(F)ccc(NC(=O)CCC)c2F)([CH]2C=CC=C2)[CH]2C=CC=C2)c1F. The third kappa shape index (κ3) is 5.45. The molecule has 0 aliphatic heterocycles. The second kappa shape index (κ2) is 12.3. The van der Waals surface area contributed by atoms with Crippen LogP contribution < -0.4 is 18.4 Å². The normalized spacial score (nSPS) is 14.9. The van der Waals surface area contributed by atoms with Crippen molar-refractivity contribution in [3.63, 3.8) is 0 Å². The molecule has 2 N–H and O–H groups in total. The van der Waals surface area contributed by atoms with E-state index < -0.39 is 67.9 Å². The van der Waals surface area contributed by atoms with Crippen molar-refractivity contribution in [1.29, 1.82) is 0 Å². The van der Waals surface area contributed by atoms with Crippen LogP contribution in [0.15, 0.2) is 72.9 Å². The van der Waals surface area contributed by atoms with Crippen LogP contribution >= 0.6 is 0 Å². The van der Waals surface area contributed by atoms with Gasteiger partial charge in [0.1, 0.15) is 0 Å². The zero-order valence-electron chi connectivity index (χ0n) is 21.7. The van der Waals surface area contributed by atoms with Gasteiger partial charge >= 0.3 is 229 Å². The quantitative estimate of drug-likeness (QED) is 0.247. The summed E-state index contributed by atoms with van der Waals surface area (Å²) < 4.78 is 62.7. The van der Waals surface area contributed by atoms with E-state index in [1.807, 2.05) is 0 Å². The van der Waals surface area contributed by atoms with Crippen molar-refractivity contribution in [2.24, 2.45) is 0 Å². The summed E-state index contributed by atoms with van der Waals surface area (Å²) in [7, 11) is 0. The Morgan fingerprint density at radius 3 is 1.36 bits per heavy atom. The Labute approximate surface area is 228 Å². The Balaban J connectivity index is 2.06. The molecule has 4 nitrogen and oxygen atoms in total. The molecule has 0 radical (unpaired) electrons. The summed E-state index contributed by atoms with van der Waals surface area (Å²) in [5.41, 5.74) is -0.491. The van der Waals surface area contributed by atoms with Crippen LogP contribution in [0.5, 0.6) is 0 Å². The number of hydrogen-bond acceptors (Lipinski definition) is 2. The molecule has 0 aromatic heterocycles. The van der Waals surface area contributed by atoms with Gasteiger partial charge in [-0.05, 0) is 0 Å². The van der Waals surface area contributed by atoms with Crippen molar-refractivity contribution in [2.45, 2.75) is 48.0 Å². The number of carbonyl (C=O) groups excluding carboxylic acids is 2. The molecule has 2 aromatic carbocycles. The number of hydrogen-bond donors (Lipinski definition) is 2. The van der Waals surface area contributed by atoms with Crippen molar-refractivity contribution in [1.82, 2.24) is 0 Å². The Morgan fingerprint density at radius 1 is 0.667 bits per heavy atom. The molecule has 0 atom stereocenters. The van der Waals surface area contributed by atoms with Gasteiger partial charge in [0, 0.05) is 0 Å². The molecule has 204 valence electrons. The van der Waals surface area contributed by atoms with E-state index in [9.17, 15) is 9.59 Å². The fourth-order valence-corrected chi connectivity index (χ4v) is 14.2. The van der Waals surface area contributed by atoms with Gasteiger partial charge in [-0.2, -0.15) is 0 Å². The van der Waals surface area contributed by atoms with Gasteiger partial charge in [-0.25, -0.2) is 0 Å². The van der Waals surface area contributed by atoms with Crippen LogP contribution in [0.4, 0.5) is 28.9 Å². The van der Waals surface area contributed by atoms with Crippen molar-refractivity contribution in [3.05, 3.63) is 96.1 Å². The number of allylic oxidation sites excluding steroid dienone is 8. The summed E-state index contributed by atoms with van der Waals surface area (Å²) in [6, 6.07) is 4.33. The van der Waals surface area contributed by atoms with Gasteiger partial charge in [0.25, 0.3) is 0 Å². The van der Waals surface area contributed by atoms with Crippen LogP contribution in [0, 0.1) is 23.3 Å². The van der Waals surface area contributed by atoms with E-state index in [2.05, 4.69) is 10.6 Å². The second-order valence-electron chi connectivity index (χ2n) is 9.62. The van der Waals surface area contributed by atoms with Gasteiger partial charge in [0.2, 0.25) is 0 Å². The molecule has 2 amide bonds. The molecule has 0 saturated heterocycles. The van der Waals surface area contributed by atoms with E-state index in [1.165, 1.54) is 0 Å². The van der Waals surface area contributed by atoms with Gasteiger partial charge in [-0.1, -0.05) is 0 Å². The molecule has 0 heterocycles. The number of nitrogens with one attached hydrogen (secondary N) is 2. The van der Waals surface area contributed by atoms with E-state index in [0.29, 0.717) is 12.8 Å². The maximum atomic E-state index is 16.5. The van der Waals surface area contributed by atoms with E-state index in [0.717, 1.165) is 24.3 Å². The molecule has 2 aliphatic rings. The number of amides is 2. The Morgan fingerprint density at radius 2 is 1.03 bits per heavy atom. The number of rotatable bonds is 10. The first-order chi connectivity index (χ1) is 18.7. The van der Waals surface area contributed by atoms with E-state index >= 15 is 17.6 Å². The molecule has 4 rings (SSSR count). The average Bonchev–Trinajstić information content (AvgIpc) is 3.62. The third-order valence-electron chi connectivity index (χ3n) is 7.06. The van der Waals surface area contributed by atoms with Crippen LogP contribution in [0.1, 0.15) is 39.5 Å². The van der Waals surface area contributed by atoms with Gasteiger partial charge in [0.15, 0.2) is 0 Å². The van der Waals surface area contributed by atoms with Crippen molar-refractivity contribution in [3.8, 4) is 0 Å². The molecular formula is C30H30F4N2O2Ti. The molecule has 0 saturated carbocycles. The standard InChI is InChI=1S/2C10H10F2NO.2C5H5.Ti/c2*1-2-3-10(14)13-9-5-4-7(11)6-8(9)12;2*1-2-4-5-3-1;/h2*4-5H,2-3H2,1H3,(H,13,14);2*1-5H;. The van der Waals surface area contributed by atoms with Crippen molar-refractivity contribution >= 4 is 30.9 Å². The summed E-state index contributed by atoms with van der Waals surface area (Å²) in [6.07, 6.45) is 14.9. The fraction of sp³-hybridized carbons (Fsp3) is 0.267. The summed E-state index contributed by atoms with van der Waals surface area (Å²) in [6.45, 7) is 3.59. The summed E-state index contributed by atoms with van der Waals surface area (Å²) in [4.78, 5) is 24.7. The fourth-order valence-electron chi connectivity index (χ4n) is 5.42. The molecule has 0 fully saturated rings. The predicted molar refractivity (Wildman–Crippen MR) is 143 cm³/mol. The first kappa shape index (κ1) is 28.8. The number of anilines is 2. The van der Waals surface area contributed by atoms with Crippen LogP contribution in [0.25, 0.3) is 0 Å². The number of carbonyl (C=O) groups is 2. The molecule has 0 bridgehead atoms. The maximum absolute atomic E-state index is 16.5. The molecule has 0 spiro atoms. The average molecular weight is 574 g/mol. The second-order valence-corrected chi connectivity index (χ2v) is 16.0. The van der Waals surface area contributed by atoms with Crippen molar-refractivity contribution in [2.75, 3.05) is 10.6 Å². The number of halogens is 4. The van der Waals surface area contributed by atoms with Crippen molar-refractivity contribution < 1.29 is 43.7 Å². The topological polar surface area (TPSA) is 58.2 Å². The first-order valence-electron chi connectivity index (χ1n) is 13.0. The monoisotopic (exact) mass is 574 g/mol. The van der Waals surface area contributed by atoms with Gasteiger partial charge in [-0.3, -0.25) is 0 Å². The Kier molecular flexibility index (Phi) is 9.08. The molecule has 0 unspecified atom stereocenters. The van der Waals surface area contributed by atoms with Crippen LogP contribution in [0.3, 0.4) is 0 Å². The van der Waals surface area contributed by atoms with Crippen LogP contribution in [-0.2, 0) is 26.2 Å². The van der Waals surface area contributed by atoms with Gasteiger partial charge < -0.3 is 0 Å². The number of benzene rings is 2. The summed E-state index contributed by atoms with van der Waals surface area (Å²) >= 11 is -4.99. The Bertz CT molecular complexity index is 1270. The molecule has 9 heteroatoms. The van der Waals surface area contributed by atoms with Gasteiger partial charge in [0.05, 0.1) is 0 Å². The summed E-state index contributed by atoms with van der Waals surface area (Å²) in [5, 5.41) is 4.99. The van der Waals surface area contributed by atoms with E-state index in [-0.39, 0.29) is 24.2 Å². The molecule has 2 aromatic rings. The third-order valence-corrected chi connectivity index (χ3v) is 15.6. The molecule has 2 aliphatic carbocycles.